The van der Waals surface area contributed by atoms with E-state index in [1.807, 2.05) is 24.3 Å². The summed E-state index contributed by atoms with van der Waals surface area (Å²) in [5.41, 5.74) is 2.17. The SMILES string of the molecule is COCc1ccccc1CNC(=O)CN1CCCCC1CO. The van der Waals surface area contributed by atoms with Crippen molar-refractivity contribution in [2.45, 2.75) is 38.5 Å². The Labute approximate surface area is 132 Å². The van der Waals surface area contributed by atoms with Gasteiger partial charge in [0.25, 0.3) is 0 Å². The highest BCUT2D eigenvalue weighted by Crippen LogP contribution is 2.16. The third kappa shape index (κ3) is 4.80. The summed E-state index contributed by atoms with van der Waals surface area (Å²) in [5, 5.41) is 12.4. The number of benzene rings is 1. The number of aliphatic hydroxyl groups excluding tert-OH is 1. The average Bonchev–Trinajstić information content (AvgIpc) is 2.55. The van der Waals surface area contributed by atoms with Gasteiger partial charge in [0, 0.05) is 19.7 Å². The number of carbonyl (C=O) groups excluding carboxylic acids is 1. The lowest BCUT2D eigenvalue weighted by atomic mass is 10.0. The summed E-state index contributed by atoms with van der Waals surface area (Å²) in [5.74, 6) is 0.00701. The first kappa shape index (κ1) is 16.9. The summed E-state index contributed by atoms with van der Waals surface area (Å²) in [7, 11) is 1.67. The highest BCUT2D eigenvalue weighted by atomic mass is 16.5. The number of methoxy groups -OCH3 is 1. The minimum absolute atomic E-state index is 0.00701. The van der Waals surface area contributed by atoms with E-state index >= 15 is 0 Å². The quantitative estimate of drug-likeness (QED) is 0.797. The summed E-state index contributed by atoms with van der Waals surface area (Å²) < 4.78 is 5.18. The van der Waals surface area contributed by atoms with Crippen LogP contribution in [0.25, 0.3) is 0 Å². The van der Waals surface area contributed by atoms with E-state index in [0.717, 1.165) is 36.9 Å². The van der Waals surface area contributed by atoms with Crippen LogP contribution >= 0.6 is 0 Å². The van der Waals surface area contributed by atoms with Crippen LogP contribution < -0.4 is 5.32 Å². The molecule has 1 aliphatic heterocycles. The summed E-state index contributed by atoms with van der Waals surface area (Å²) in [6.45, 7) is 2.43. The van der Waals surface area contributed by atoms with Gasteiger partial charge in [-0.2, -0.15) is 0 Å². The van der Waals surface area contributed by atoms with Gasteiger partial charge in [-0.25, -0.2) is 0 Å². The van der Waals surface area contributed by atoms with Crippen LogP contribution in [-0.2, 0) is 22.7 Å². The van der Waals surface area contributed by atoms with Crippen molar-refractivity contribution >= 4 is 5.91 Å². The first-order valence-electron chi connectivity index (χ1n) is 7.92. The van der Waals surface area contributed by atoms with Crippen LogP contribution in [-0.4, -0.2) is 48.8 Å². The predicted octanol–water partition coefficient (Wildman–Crippen LogP) is 1.30. The van der Waals surface area contributed by atoms with E-state index < -0.39 is 0 Å². The monoisotopic (exact) mass is 306 g/mol. The lowest BCUT2D eigenvalue weighted by Gasteiger charge is -2.33. The second kappa shape index (κ2) is 8.88. The smallest absolute Gasteiger partial charge is 0.234 e. The normalized spacial score (nSPS) is 19.1. The molecule has 0 radical (unpaired) electrons. The van der Waals surface area contributed by atoms with Crippen LogP contribution in [0.3, 0.4) is 0 Å². The molecule has 22 heavy (non-hydrogen) atoms. The molecule has 1 heterocycles. The number of hydrogen-bond acceptors (Lipinski definition) is 4. The molecule has 5 heteroatoms. The lowest BCUT2D eigenvalue weighted by molar-refractivity contribution is -0.123. The molecule has 2 N–H and O–H groups in total. The Kier molecular flexibility index (Phi) is 6.83. The van der Waals surface area contributed by atoms with Gasteiger partial charge in [-0.15, -0.1) is 0 Å². The molecule has 2 rings (SSSR count). The molecule has 0 spiro atoms. The maximum Gasteiger partial charge on any atom is 0.234 e. The highest BCUT2D eigenvalue weighted by molar-refractivity contribution is 5.78. The lowest BCUT2D eigenvalue weighted by Crippen LogP contribution is -2.47. The zero-order chi connectivity index (χ0) is 15.8. The van der Waals surface area contributed by atoms with Crippen molar-refractivity contribution < 1.29 is 14.6 Å². The molecule has 0 aromatic heterocycles. The van der Waals surface area contributed by atoms with E-state index in [1.54, 1.807) is 7.11 Å². The first-order valence-corrected chi connectivity index (χ1v) is 7.92. The Bertz CT molecular complexity index is 479. The van der Waals surface area contributed by atoms with E-state index in [1.165, 1.54) is 0 Å². The Balaban J connectivity index is 1.85. The summed E-state index contributed by atoms with van der Waals surface area (Å²) in [6.07, 6.45) is 3.20. The fraction of sp³-hybridized carbons (Fsp3) is 0.588. The van der Waals surface area contributed by atoms with Crippen LogP contribution in [0.1, 0.15) is 30.4 Å². The second-order valence-electron chi connectivity index (χ2n) is 5.78. The van der Waals surface area contributed by atoms with Gasteiger partial charge in [-0.05, 0) is 30.5 Å². The number of likely N-dealkylation sites (tertiary alicyclic amines) is 1. The fourth-order valence-electron chi connectivity index (χ4n) is 2.94. The van der Waals surface area contributed by atoms with Crippen molar-refractivity contribution in [3.8, 4) is 0 Å². The number of ether oxygens (including phenoxy) is 1. The van der Waals surface area contributed by atoms with Crippen molar-refractivity contribution in [3.63, 3.8) is 0 Å². The van der Waals surface area contributed by atoms with Gasteiger partial charge in [-0.3, -0.25) is 9.69 Å². The van der Waals surface area contributed by atoms with E-state index in [4.69, 9.17) is 4.74 Å². The summed E-state index contributed by atoms with van der Waals surface area (Å²) in [4.78, 5) is 14.2. The van der Waals surface area contributed by atoms with Crippen LogP contribution in [0.5, 0.6) is 0 Å². The van der Waals surface area contributed by atoms with E-state index in [9.17, 15) is 9.90 Å². The summed E-state index contributed by atoms with van der Waals surface area (Å²) in [6, 6.07) is 8.08. The van der Waals surface area contributed by atoms with Crippen molar-refractivity contribution in [1.82, 2.24) is 10.2 Å². The number of nitrogens with zero attached hydrogens (tertiary/aromatic N) is 1. The molecule has 1 aliphatic rings. The first-order chi connectivity index (χ1) is 10.7. The minimum atomic E-state index is 0.00701. The molecule has 5 nitrogen and oxygen atoms in total. The molecule has 0 saturated carbocycles. The second-order valence-corrected chi connectivity index (χ2v) is 5.78. The van der Waals surface area contributed by atoms with Crippen LogP contribution in [0.15, 0.2) is 24.3 Å². The fourth-order valence-corrected chi connectivity index (χ4v) is 2.94. The maximum absolute atomic E-state index is 12.1. The summed E-state index contributed by atoms with van der Waals surface area (Å²) >= 11 is 0. The number of nitrogens with one attached hydrogen (secondary N) is 1. The number of rotatable bonds is 7. The zero-order valence-electron chi connectivity index (χ0n) is 13.3. The molecule has 1 aromatic carbocycles. The predicted molar refractivity (Wildman–Crippen MR) is 85.3 cm³/mol. The number of aliphatic hydroxyl groups is 1. The standard InChI is InChI=1S/C17H26N2O3/c1-22-13-15-7-3-2-6-14(15)10-18-17(21)11-19-9-5-4-8-16(19)12-20/h2-3,6-7,16,20H,4-5,8-13H2,1H3,(H,18,21). The van der Waals surface area contributed by atoms with Gasteiger partial charge < -0.3 is 15.2 Å². The Morgan fingerprint density at radius 2 is 2.14 bits per heavy atom. The minimum Gasteiger partial charge on any atom is -0.395 e. The molecule has 122 valence electrons. The van der Waals surface area contributed by atoms with Gasteiger partial charge in [0.05, 0.1) is 19.8 Å². The molecule has 0 bridgehead atoms. The largest absolute Gasteiger partial charge is 0.395 e. The van der Waals surface area contributed by atoms with Crippen molar-refractivity contribution in [2.75, 3.05) is 26.8 Å². The van der Waals surface area contributed by atoms with Crippen LogP contribution in [0.4, 0.5) is 0 Å². The molecule has 1 amide bonds. The highest BCUT2D eigenvalue weighted by Gasteiger charge is 2.23. The molecule has 1 aromatic rings. The number of piperidine rings is 1. The molecule has 1 unspecified atom stereocenters. The molecule has 1 fully saturated rings. The van der Waals surface area contributed by atoms with Gasteiger partial charge in [0.2, 0.25) is 5.91 Å². The molecule has 1 atom stereocenters. The van der Waals surface area contributed by atoms with Gasteiger partial charge in [0.15, 0.2) is 0 Å². The van der Waals surface area contributed by atoms with Gasteiger partial charge >= 0.3 is 0 Å². The van der Waals surface area contributed by atoms with Crippen molar-refractivity contribution in [1.29, 1.82) is 0 Å². The Morgan fingerprint density at radius 3 is 2.86 bits per heavy atom. The molecular weight excluding hydrogens is 280 g/mol. The third-order valence-electron chi connectivity index (χ3n) is 4.20. The molecular formula is C17H26N2O3. The maximum atomic E-state index is 12.1. The average molecular weight is 306 g/mol. The zero-order valence-corrected chi connectivity index (χ0v) is 13.3. The Morgan fingerprint density at radius 1 is 1.36 bits per heavy atom. The van der Waals surface area contributed by atoms with Gasteiger partial charge in [-0.1, -0.05) is 30.7 Å². The van der Waals surface area contributed by atoms with Crippen LogP contribution in [0, 0.1) is 0 Å². The number of amides is 1. The van der Waals surface area contributed by atoms with Crippen molar-refractivity contribution in [3.05, 3.63) is 35.4 Å². The van der Waals surface area contributed by atoms with E-state index in [-0.39, 0.29) is 18.6 Å². The number of carbonyl (C=O) groups is 1. The number of hydrogen-bond donors (Lipinski definition) is 2. The van der Waals surface area contributed by atoms with Crippen molar-refractivity contribution in [2.24, 2.45) is 0 Å². The third-order valence-corrected chi connectivity index (χ3v) is 4.20. The van der Waals surface area contributed by atoms with E-state index in [2.05, 4.69) is 10.2 Å². The van der Waals surface area contributed by atoms with E-state index in [0.29, 0.717) is 19.7 Å². The Hall–Kier alpha value is -1.43. The van der Waals surface area contributed by atoms with Crippen LogP contribution in [0.2, 0.25) is 0 Å². The topological polar surface area (TPSA) is 61.8 Å². The molecule has 0 aliphatic carbocycles. The van der Waals surface area contributed by atoms with Gasteiger partial charge in [0.1, 0.15) is 0 Å². The molecule has 1 saturated heterocycles.